The van der Waals surface area contributed by atoms with Gasteiger partial charge in [-0.2, -0.15) is 5.26 Å². The molecule has 0 aromatic carbocycles. The maximum Gasteiger partial charge on any atom is 0.192 e. The van der Waals surface area contributed by atoms with E-state index in [1.54, 1.807) is 6.20 Å². The Labute approximate surface area is 141 Å². The molecule has 23 heavy (non-hydrogen) atoms. The minimum absolute atomic E-state index is 0.218. The summed E-state index contributed by atoms with van der Waals surface area (Å²) in [6, 6.07) is 6.25. The number of pyridine rings is 1. The van der Waals surface area contributed by atoms with Crippen LogP contribution in [0.4, 0.5) is 5.69 Å². The zero-order valence-electron chi connectivity index (χ0n) is 15.0. The molecule has 4 nitrogen and oxygen atoms in total. The van der Waals surface area contributed by atoms with Crippen molar-refractivity contribution < 1.29 is 4.43 Å². The first-order valence-electron chi connectivity index (χ1n) is 8.41. The highest BCUT2D eigenvalue weighted by atomic mass is 28.4. The van der Waals surface area contributed by atoms with Crippen molar-refractivity contribution in [2.24, 2.45) is 0 Å². The molecule has 1 saturated carbocycles. The first kappa shape index (κ1) is 18.0. The van der Waals surface area contributed by atoms with Crippen LogP contribution in [-0.2, 0) is 9.84 Å². The van der Waals surface area contributed by atoms with Gasteiger partial charge in [0.25, 0.3) is 0 Å². The molecule has 0 spiro atoms. The Morgan fingerprint density at radius 3 is 2.35 bits per heavy atom. The monoisotopic (exact) mass is 331 g/mol. The quantitative estimate of drug-likeness (QED) is 0.834. The summed E-state index contributed by atoms with van der Waals surface area (Å²) in [6.45, 7) is 11.4. The second-order valence-electron chi connectivity index (χ2n) is 8.25. The minimum atomic E-state index is -1.75. The van der Waals surface area contributed by atoms with E-state index in [9.17, 15) is 5.26 Å². The predicted molar refractivity (Wildman–Crippen MR) is 96.5 cm³/mol. The number of nitrogens with two attached hydrogens (primary N) is 1. The lowest BCUT2D eigenvalue weighted by atomic mass is 9.72. The molecule has 1 fully saturated rings. The van der Waals surface area contributed by atoms with Crippen molar-refractivity contribution in [1.29, 1.82) is 5.26 Å². The van der Waals surface area contributed by atoms with Gasteiger partial charge in [0.15, 0.2) is 8.32 Å². The summed E-state index contributed by atoms with van der Waals surface area (Å²) in [5.74, 6) is 0. The predicted octanol–water partition coefficient (Wildman–Crippen LogP) is 4.39. The Kier molecular flexibility index (Phi) is 4.88. The number of aromatic nitrogens is 1. The van der Waals surface area contributed by atoms with E-state index in [1.165, 1.54) is 0 Å². The largest absolute Gasteiger partial charge is 0.414 e. The molecule has 1 aliphatic rings. The number of nitriles is 1. The number of nitrogen functional groups attached to an aromatic ring is 1. The van der Waals surface area contributed by atoms with Crippen LogP contribution in [0.25, 0.3) is 0 Å². The van der Waals surface area contributed by atoms with Gasteiger partial charge in [-0.15, -0.1) is 0 Å². The molecule has 126 valence electrons. The Bertz CT molecular complexity index is 576. The smallest absolute Gasteiger partial charge is 0.192 e. The third-order valence-corrected chi connectivity index (χ3v) is 10.1. The second kappa shape index (κ2) is 6.25. The van der Waals surface area contributed by atoms with Crippen molar-refractivity contribution in [3.63, 3.8) is 0 Å². The summed E-state index contributed by atoms with van der Waals surface area (Å²) in [5.41, 5.74) is 6.71. The molecule has 0 radical (unpaired) electrons. The molecule has 2 rings (SSSR count). The van der Waals surface area contributed by atoms with Crippen molar-refractivity contribution in [2.75, 3.05) is 5.73 Å². The van der Waals surface area contributed by atoms with Crippen LogP contribution in [0.3, 0.4) is 0 Å². The van der Waals surface area contributed by atoms with Gasteiger partial charge in [0, 0.05) is 6.10 Å². The van der Waals surface area contributed by atoms with Crippen LogP contribution in [0.15, 0.2) is 18.3 Å². The van der Waals surface area contributed by atoms with E-state index >= 15 is 0 Å². The van der Waals surface area contributed by atoms with E-state index in [4.69, 9.17) is 10.2 Å². The number of hydrogen-bond donors (Lipinski definition) is 1. The second-order valence-corrected chi connectivity index (χ2v) is 13.0. The maximum atomic E-state index is 9.76. The Morgan fingerprint density at radius 2 is 1.91 bits per heavy atom. The highest BCUT2D eigenvalue weighted by Gasteiger charge is 2.43. The zero-order chi connectivity index (χ0) is 17.3. The lowest BCUT2D eigenvalue weighted by molar-refractivity contribution is 0.116. The van der Waals surface area contributed by atoms with E-state index in [0.29, 0.717) is 5.69 Å². The van der Waals surface area contributed by atoms with Crippen LogP contribution in [0.5, 0.6) is 0 Å². The molecule has 2 N–H and O–H groups in total. The van der Waals surface area contributed by atoms with Gasteiger partial charge in [0.2, 0.25) is 0 Å². The van der Waals surface area contributed by atoms with Crippen molar-refractivity contribution in [2.45, 2.75) is 76.1 Å². The molecule has 0 aliphatic heterocycles. The average Bonchev–Trinajstić information content (AvgIpc) is 2.48. The summed E-state index contributed by atoms with van der Waals surface area (Å²) < 4.78 is 6.53. The molecular weight excluding hydrogens is 302 g/mol. The topological polar surface area (TPSA) is 71.9 Å². The van der Waals surface area contributed by atoms with Gasteiger partial charge >= 0.3 is 0 Å². The molecule has 0 saturated heterocycles. The molecule has 1 aromatic rings. The first-order chi connectivity index (χ1) is 10.6. The summed E-state index contributed by atoms with van der Waals surface area (Å²) >= 11 is 0. The summed E-state index contributed by atoms with van der Waals surface area (Å²) in [6.07, 6.45) is 5.37. The number of hydrogen-bond acceptors (Lipinski definition) is 4. The van der Waals surface area contributed by atoms with E-state index in [0.717, 1.165) is 31.4 Å². The van der Waals surface area contributed by atoms with Crippen LogP contribution >= 0.6 is 0 Å². The highest BCUT2D eigenvalue weighted by molar-refractivity contribution is 6.74. The first-order valence-corrected chi connectivity index (χ1v) is 11.3. The van der Waals surface area contributed by atoms with Gasteiger partial charge in [-0.1, -0.05) is 20.8 Å². The van der Waals surface area contributed by atoms with Gasteiger partial charge in [-0.05, 0) is 55.9 Å². The highest BCUT2D eigenvalue weighted by Crippen LogP contribution is 2.43. The fraction of sp³-hybridized carbons (Fsp3) is 0.667. The molecule has 0 unspecified atom stereocenters. The van der Waals surface area contributed by atoms with Gasteiger partial charge in [0.1, 0.15) is 0 Å². The third kappa shape index (κ3) is 3.76. The van der Waals surface area contributed by atoms with Gasteiger partial charge in [-0.3, -0.25) is 4.98 Å². The zero-order valence-corrected chi connectivity index (χ0v) is 16.0. The van der Waals surface area contributed by atoms with Crippen LogP contribution in [0.2, 0.25) is 18.1 Å². The molecule has 0 amide bonds. The fourth-order valence-electron chi connectivity index (χ4n) is 2.91. The van der Waals surface area contributed by atoms with E-state index in [2.05, 4.69) is 44.9 Å². The summed E-state index contributed by atoms with van der Waals surface area (Å²) in [4.78, 5) is 4.40. The van der Waals surface area contributed by atoms with E-state index < -0.39 is 13.7 Å². The minimum Gasteiger partial charge on any atom is -0.414 e. The van der Waals surface area contributed by atoms with Crippen LogP contribution in [-0.4, -0.2) is 19.4 Å². The van der Waals surface area contributed by atoms with Crippen LogP contribution < -0.4 is 5.73 Å². The number of nitrogens with zero attached hydrogens (tertiary/aromatic N) is 2. The Balaban J connectivity index is 2.07. The van der Waals surface area contributed by atoms with Gasteiger partial charge in [-0.25, -0.2) is 0 Å². The van der Waals surface area contributed by atoms with Crippen molar-refractivity contribution in [1.82, 2.24) is 4.98 Å². The SMILES string of the molecule is CC(C)(C)[Si](C)(C)OC1CCC(C#N)(c2ccc(N)cn2)CC1. The normalized spacial score (nSPS) is 25.8. The van der Waals surface area contributed by atoms with Crippen molar-refractivity contribution >= 4 is 14.0 Å². The van der Waals surface area contributed by atoms with Gasteiger partial charge in [0.05, 0.1) is 29.1 Å². The summed E-state index contributed by atoms with van der Waals surface area (Å²) in [7, 11) is -1.75. The maximum absolute atomic E-state index is 9.76. The lowest BCUT2D eigenvalue weighted by Gasteiger charge is -2.42. The third-order valence-electron chi connectivity index (χ3n) is 5.54. The standard InChI is InChI=1S/C18H29N3OSi/c1-17(2,3)23(4,5)22-15-8-10-18(13-19,11-9-15)16-7-6-14(20)12-21-16/h6-7,12,15H,8-11,20H2,1-5H3. The molecule has 0 bridgehead atoms. The molecular formula is C18H29N3OSi. The Hall–Kier alpha value is -1.38. The molecule has 1 heterocycles. The van der Waals surface area contributed by atoms with E-state index in [-0.39, 0.29) is 11.1 Å². The van der Waals surface area contributed by atoms with Gasteiger partial charge < -0.3 is 10.2 Å². The number of rotatable bonds is 3. The average molecular weight is 332 g/mol. The molecule has 5 heteroatoms. The molecule has 1 aromatic heterocycles. The molecule has 1 aliphatic carbocycles. The van der Waals surface area contributed by atoms with Crippen molar-refractivity contribution in [3.05, 3.63) is 24.0 Å². The fourth-order valence-corrected chi connectivity index (χ4v) is 4.33. The van der Waals surface area contributed by atoms with Crippen LogP contribution in [0, 0.1) is 11.3 Å². The van der Waals surface area contributed by atoms with E-state index in [1.807, 2.05) is 12.1 Å². The lowest BCUT2D eigenvalue weighted by Crippen LogP contribution is -2.46. The Morgan fingerprint density at radius 1 is 1.30 bits per heavy atom. The molecule has 0 atom stereocenters. The summed E-state index contributed by atoms with van der Waals surface area (Å²) in [5, 5.41) is 9.98. The van der Waals surface area contributed by atoms with Crippen LogP contribution in [0.1, 0.15) is 52.1 Å². The van der Waals surface area contributed by atoms with Crippen molar-refractivity contribution in [3.8, 4) is 6.07 Å². The number of anilines is 1.